The Morgan fingerprint density at radius 1 is 1.24 bits per heavy atom. The lowest BCUT2D eigenvalue weighted by Crippen LogP contribution is -2.12. The summed E-state index contributed by atoms with van der Waals surface area (Å²) in [5, 5.41) is 1.70. The summed E-state index contributed by atoms with van der Waals surface area (Å²) < 4.78 is 28.0. The molecule has 17 heavy (non-hydrogen) atoms. The van der Waals surface area contributed by atoms with Gasteiger partial charge in [0, 0.05) is 15.1 Å². The maximum atomic E-state index is 12.0. The van der Waals surface area contributed by atoms with Gasteiger partial charge in [-0.05, 0) is 55.4 Å². The van der Waals surface area contributed by atoms with E-state index in [1.165, 1.54) is 6.20 Å². The molecule has 4 nitrogen and oxygen atoms in total. The second-order valence-corrected chi connectivity index (χ2v) is 7.59. The smallest absolute Gasteiger partial charge is 0.263 e. The van der Waals surface area contributed by atoms with Gasteiger partial charge in [0.15, 0.2) is 4.21 Å². The van der Waals surface area contributed by atoms with E-state index in [1.807, 2.05) is 0 Å². The number of hydrogen-bond donors (Lipinski definition) is 1. The van der Waals surface area contributed by atoms with Crippen LogP contribution in [-0.2, 0) is 10.0 Å². The van der Waals surface area contributed by atoms with Crippen molar-refractivity contribution in [1.29, 1.82) is 0 Å². The Morgan fingerprint density at radius 2 is 2.00 bits per heavy atom. The van der Waals surface area contributed by atoms with E-state index >= 15 is 0 Å². The van der Waals surface area contributed by atoms with Crippen LogP contribution in [0.4, 0.5) is 5.82 Å². The molecular weight excluding hydrogens is 392 g/mol. The Balaban J connectivity index is 2.30. The molecule has 90 valence electrons. The van der Waals surface area contributed by atoms with Gasteiger partial charge in [0.1, 0.15) is 5.82 Å². The number of rotatable bonds is 3. The summed E-state index contributed by atoms with van der Waals surface area (Å²) in [6.07, 6.45) is 1.53. The second-order valence-electron chi connectivity index (χ2n) is 3.02. The predicted octanol–water partition coefficient (Wildman–Crippen LogP) is 3.47. The van der Waals surface area contributed by atoms with Crippen LogP contribution in [0.15, 0.2) is 42.9 Å². The van der Waals surface area contributed by atoms with E-state index in [-0.39, 0.29) is 10.0 Å². The Labute approximate surface area is 119 Å². The number of anilines is 1. The fourth-order valence-corrected chi connectivity index (χ4v) is 4.67. The number of hydrogen-bond acceptors (Lipinski definition) is 4. The largest absolute Gasteiger partial charge is 0.273 e. The van der Waals surface area contributed by atoms with Crippen molar-refractivity contribution in [2.24, 2.45) is 0 Å². The van der Waals surface area contributed by atoms with Crippen molar-refractivity contribution in [1.82, 2.24) is 4.98 Å². The zero-order valence-corrected chi connectivity index (χ0v) is 13.0. The van der Waals surface area contributed by atoms with Crippen molar-refractivity contribution < 1.29 is 8.42 Å². The van der Waals surface area contributed by atoms with E-state index in [9.17, 15) is 8.42 Å². The molecule has 2 heterocycles. The highest BCUT2D eigenvalue weighted by molar-refractivity contribution is 9.10. The van der Waals surface area contributed by atoms with Crippen molar-refractivity contribution >= 4 is 59.0 Å². The average molecular weight is 398 g/mol. The van der Waals surface area contributed by atoms with Crippen molar-refractivity contribution in [3.05, 3.63) is 38.7 Å². The number of pyridine rings is 1. The van der Waals surface area contributed by atoms with Crippen molar-refractivity contribution in [2.45, 2.75) is 4.21 Å². The van der Waals surface area contributed by atoms with Gasteiger partial charge < -0.3 is 0 Å². The van der Waals surface area contributed by atoms with Gasteiger partial charge in [-0.15, -0.1) is 11.3 Å². The summed E-state index contributed by atoms with van der Waals surface area (Å²) in [6, 6.07) is 4.99. The number of nitrogens with one attached hydrogen (secondary N) is 1. The Bertz CT molecular complexity index is 623. The highest BCUT2D eigenvalue weighted by Gasteiger charge is 2.19. The molecule has 0 amide bonds. The van der Waals surface area contributed by atoms with Crippen LogP contribution in [0.2, 0.25) is 0 Å². The lowest BCUT2D eigenvalue weighted by atomic mass is 10.5. The Kier molecular flexibility index (Phi) is 3.86. The Hall–Kier alpha value is -0.440. The lowest BCUT2D eigenvalue weighted by molar-refractivity contribution is 0.602. The van der Waals surface area contributed by atoms with Crippen molar-refractivity contribution in [2.75, 3.05) is 4.72 Å². The second kappa shape index (κ2) is 5.05. The van der Waals surface area contributed by atoms with E-state index in [0.717, 1.165) is 15.8 Å². The molecule has 0 atom stereocenters. The molecule has 2 aromatic rings. The zero-order chi connectivity index (χ0) is 12.5. The molecule has 0 unspecified atom stereocenters. The van der Waals surface area contributed by atoms with E-state index < -0.39 is 10.0 Å². The number of thiophene rings is 1. The van der Waals surface area contributed by atoms with Gasteiger partial charge in [0.25, 0.3) is 10.0 Å². The molecule has 0 radical (unpaired) electrons. The molecule has 8 heteroatoms. The molecule has 2 rings (SSSR count). The highest BCUT2D eigenvalue weighted by atomic mass is 79.9. The normalized spacial score (nSPS) is 11.4. The molecule has 2 aromatic heterocycles. The van der Waals surface area contributed by atoms with E-state index in [0.29, 0.717) is 4.47 Å². The van der Waals surface area contributed by atoms with Gasteiger partial charge in [0.2, 0.25) is 0 Å². The SMILES string of the molecule is O=S(=O)(Nc1ccc(Br)cn1)c1sccc1Br. The van der Waals surface area contributed by atoms with Gasteiger partial charge in [-0.1, -0.05) is 0 Å². The number of halogens is 2. The quantitative estimate of drug-likeness (QED) is 0.862. The van der Waals surface area contributed by atoms with Crippen LogP contribution in [0, 0.1) is 0 Å². The summed E-state index contributed by atoms with van der Waals surface area (Å²) >= 11 is 7.57. The maximum absolute atomic E-state index is 12.0. The van der Waals surface area contributed by atoms with Crippen LogP contribution < -0.4 is 4.72 Å². The molecule has 0 saturated carbocycles. The standard InChI is InChI=1S/C9H6Br2N2O2S2/c10-6-1-2-8(12-5-6)13-17(14,15)9-7(11)3-4-16-9/h1-5H,(H,12,13). The first kappa shape index (κ1) is 13.0. The monoisotopic (exact) mass is 396 g/mol. The fourth-order valence-electron chi connectivity index (χ4n) is 1.09. The number of sulfonamides is 1. The molecule has 0 aliphatic rings. The topological polar surface area (TPSA) is 59.1 Å². The van der Waals surface area contributed by atoms with E-state index in [2.05, 4.69) is 41.6 Å². The van der Waals surface area contributed by atoms with Crippen LogP contribution >= 0.6 is 43.2 Å². The third kappa shape index (κ3) is 3.06. The molecule has 0 aliphatic carbocycles. The molecule has 1 N–H and O–H groups in total. The van der Waals surface area contributed by atoms with Gasteiger partial charge in [0.05, 0.1) is 0 Å². The van der Waals surface area contributed by atoms with Crippen LogP contribution in [0.1, 0.15) is 0 Å². The lowest BCUT2D eigenvalue weighted by Gasteiger charge is -2.05. The summed E-state index contributed by atoms with van der Waals surface area (Å²) in [5.74, 6) is 0.286. The van der Waals surface area contributed by atoms with Gasteiger partial charge in [-0.2, -0.15) is 0 Å². The average Bonchev–Trinajstić information content (AvgIpc) is 2.68. The summed E-state index contributed by atoms with van der Waals surface area (Å²) in [5.41, 5.74) is 0. The predicted molar refractivity (Wildman–Crippen MR) is 74.8 cm³/mol. The third-order valence-corrected chi connectivity index (χ3v) is 6.29. The molecule has 0 aromatic carbocycles. The highest BCUT2D eigenvalue weighted by Crippen LogP contribution is 2.28. The van der Waals surface area contributed by atoms with Crippen LogP contribution in [-0.4, -0.2) is 13.4 Å². The van der Waals surface area contributed by atoms with E-state index in [4.69, 9.17) is 0 Å². The molecule has 0 spiro atoms. The first-order chi connectivity index (χ1) is 7.99. The Morgan fingerprint density at radius 3 is 2.53 bits per heavy atom. The minimum Gasteiger partial charge on any atom is -0.263 e. The molecular formula is C9H6Br2N2O2S2. The minimum absolute atomic E-state index is 0.238. The molecule has 0 bridgehead atoms. The van der Waals surface area contributed by atoms with Gasteiger partial charge in [-0.3, -0.25) is 4.72 Å². The molecule has 0 saturated heterocycles. The maximum Gasteiger partial charge on any atom is 0.273 e. The fraction of sp³-hybridized carbons (Fsp3) is 0. The van der Waals surface area contributed by atoms with Crippen molar-refractivity contribution in [3.8, 4) is 0 Å². The number of nitrogens with zero attached hydrogens (tertiary/aromatic N) is 1. The van der Waals surface area contributed by atoms with Crippen LogP contribution in [0.3, 0.4) is 0 Å². The van der Waals surface area contributed by atoms with Crippen LogP contribution in [0.25, 0.3) is 0 Å². The molecule has 0 fully saturated rings. The zero-order valence-electron chi connectivity index (χ0n) is 8.22. The van der Waals surface area contributed by atoms with E-state index in [1.54, 1.807) is 23.6 Å². The first-order valence-electron chi connectivity index (χ1n) is 4.36. The minimum atomic E-state index is -3.57. The van der Waals surface area contributed by atoms with Crippen LogP contribution in [0.5, 0.6) is 0 Å². The van der Waals surface area contributed by atoms with Gasteiger partial charge >= 0.3 is 0 Å². The van der Waals surface area contributed by atoms with Crippen molar-refractivity contribution in [3.63, 3.8) is 0 Å². The third-order valence-electron chi connectivity index (χ3n) is 1.79. The van der Waals surface area contributed by atoms with Gasteiger partial charge in [-0.25, -0.2) is 13.4 Å². The summed E-state index contributed by atoms with van der Waals surface area (Å²) in [7, 11) is -3.57. The summed E-state index contributed by atoms with van der Waals surface area (Å²) in [4.78, 5) is 3.96. The summed E-state index contributed by atoms with van der Waals surface area (Å²) in [6.45, 7) is 0. The number of aromatic nitrogens is 1. The molecule has 0 aliphatic heterocycles. The first-order valence-corrected chi connectivity index (χ1v) is 8.31.